The van der Waals surface area contributed by atoms with Crippen LogP contribution in [0.1, 0.15) is 40.4 Å². The molecule has 0 aliphatic carbocycles. The van der Waals surface area contributed by atoms with Crippen molar-refractivity contribution in [3.8, 4) is 6.07 Å². The summed E-state index contributed by atoms with van der Waals surface area (Å²) in [5.41, 5.74) is -0.752. The molecule has 0 amide bonds. The van der Waals surface area contributed by atoms with Crippen molar-refractivity contribution in [1.82, 2.24) is 0 Å². The molecule has 0 saturated heterocycles. The average Bonchev–Trinajstić information content (AvgIpc) is 2.36. The lowest BCUT2D eigenvalue weighted by molar-refractivity contribution is 0.0515. The predicted octanol–water partition coefficient (Wildman–Crippen LogP) is 3.41. The van der Waals surface area contributed by atoms with E-state index in [1.165, 1.54) is 12.1 Å². The zero-order valence-corrected chi connectivity index (χ0v) is 10.3. The van der Waals surface area contributed by atoms with Crippen molar-refractivity contribution in [2.24, 2.45) is 0 Å². The number of hydrogen-bond acceptors (Lipinski definition) is 3. The summed E-state index contributed by atoms with van der Waals surface area (Å²) in [6.45, 7) is 1.63. The zero-order valence-electron chi connectivity index (χ0n) is 9.54. The van der Waals surface area contributed by atoms with Gasteiger partial charge in [-0.05, 0) is 24.6 Å². The molecule has 18 heavy (non-hydrogen) atoms. The Labute approximate surface area is 108 Å². The highest BCUT2D eigenvalue weighted by Crippen LogP contribution is 2.29. The van der Waals surface area contributed by atoms with Crippen LogP contribution in [0.25, 0.3) is 0 Å². The van der Waals surface area contributed by atoms with E-state index in [2.05, 4.69) is 0 Å². The van der Waals surface area contributed by atoms with Crippen LogP contribution in [0.4, 0.5) is 8.78 Å². The number of nitrogens with zero attached hydrogens (tertiary/aromatic N) is 1. The number of hydrogen-bond donors (Lipinski definition) is 0. The van der Waals surface area contributed by atoms with Gasteiger partial charge in [0.25, 0.3) is 6.43 Å². The molecule has 0 aromatic heterocycles. The SMILES string of the molecule is CCOC(=O)c1cc(CCl)cc(C#N)c1C(F)F. The molecule has 0 atom stereocenters. The third-order valence-corrected chi connectivity index (χ3v) is 2.54. The first kappa shape index (κ1) is 14.4. The van der Waals surface area contributed by atoms with Gasteiger partial charge < -0.3 is 4.74 Å². The van der Waals surface area contributed by atoms with Gasteiger partial charge in [-0.15, -0.1) is 11.6 Å². The summed E-state index contributed by atoms with van der Waals surface area (Å²) < 4.78 is 30.5. The number of benzene rings is 1. The third kappa shape index (κ3) is 2.96. The maximum Gasteiger partial charge on any atom is 0.338 e. The number of carbonyl (C=O) groups excluding carboxylic acids is 1. The van der Waals surface area contributed by atoms with Crippen molar-refractivity contribution in [1.29, 1.82) is 5.26 Å². The Balaban J connectivity index is 3.45. The van der Waals surface area contributed by atoms with Gasteiger partial charge in [0, 0.05) is 11.4 Å². The fourth-order valence-electron chi connectivity index (χ4n) is 1.50. The first-order valence-electron chi connectivity index (χ1n) is 5.13. The first-order chi connectivity index (χ1) is 8.54. The van der Waals surface area contributed by atoms with Crippen molar-refractivity contribution in [3.63, 3.8) is 0 Å². The van der Waals surface area contributed by atoms with E-state index in [-0.39, 0.29) is 23.6 Å². The quantitative estimate of drug-likeness (QED) is 0.624. The van der Waals surface area contributed by atoms with E-state index in [0.29, 0.717) is 5.56 Å². The highest BCUT2D eigenvalue weighted by molar-refractivity contribution is 6.17. The summed E-state index contributed by atoms with van der Waals surface area (Å²) in [5.74, 6) is -0.860. The largest absolute Gasteiger partial charge is 0.462 e. The van der Waals surface area contributed by atoms with Crippen LogP contribution < -0.4 is 0 Å². The molecule has 0 aliphatic heterocycles. The molecule has 0 bridgehead atoms. The van der Waals surface area contributed by atoms with Crippen LogP contribution in [0.2, 0.25) is 0 Å². The molecule has 0 saturated carbocycles. The standard InChI is InChI=1S/C12H10ClF2NO2/c1-2-18-12(17)9-4-7(5-13)3-8(6-16)10(9)11(14)15/h3-4,11H,2,5H2,1H3. The molecular weight excluding hydrogens is 264 g/mol. The number of alkyl halides is 3. The van der Waals surface area contributed by atoms with Gasteiger partial charge in [-0.25, -0.2) is 13.6 Å². The summed E-state index contributed by atoms with van der Waals surface area (Å²) in [6, 6.07) is 4.12. The van der Waals surface area contributed by atoms with Crippen LogP contribution in [0.15, 0.2) is 12.1 Å². The second-order valence-corrected chi connectivity index (χ2v) is 3.64. The van der Waals surface area contributed by atoms with Crippen LogP contribution >= 0.6 is 11.6 Å². The summed E-state index contributed by atoms with van der Waals surface area (Å²) in [4.78, 5) is 11.6. The van der Waals surface area contributed by atoms with E-state index in [1.54, 1.807) is 13.0 Å². The molecule has 0 aliphatic rings. The van der Waals surface area contributed by atoms with Crippen LogP contribution in [-0.4, -0.2) is 12.6 Å². The van der Waals surface area contributed by atoms with Gasteiger partial charge in [0.05, 0.1) is 23.8 Å². The minimum Gasteiger partial charge on any atom is -0.462 e. The Bertz CT molecular complexity index is 498. The fraction of sp³-hybridized carbons (Fsp3) is 0.333. The molecular formula is C12H10ClF2NO2. The lowest BCUT2D eigenvalue weighted by atomic mass is 9.99. The van der Waals surface area contributed by atoms with Gasteiger partial charge in [-0.1, -0.05) is 0 Å². The molecule has 0 spiro atoms. The molecule has 0 heterocycles. The molecule has 1 rings (SSSR count). The van der Waals surface area contributed by atoms with Crippen LogP contribution in [0, 0.1) is 11.3 Å². The number of esters is 1. The highest BCUT2D eigenvalue weighted by Gasteiger charge is 2.24. The van der Waals surface area contributed by atoms with E-state index in [0.717, 1.165) is 0 Å². The van der Waals surface area contributed by atoms with E-state index < -0.39 is 18.0 Å². The number of ether oxygens (including phenoxy) is 1. The van der Waals surface area contributed by atoms with Crippen LogP contribution in [0.5, 0.6) is 0 Å². The average molecular weight is 274 g/mol. The lowest BCUT2D eigenvalue weighted by Crippen LogP contribution is -2.11. The smallest absolute Gasteiger partial charge is 0.338 e. The second kappa shape index (κ2) is 6.31. The van der Waals surface area contributed by atoms with E-state index in [1.807, 2.05) is 0 Å². The Morgan fingerprint density at radius 3 is 2.67 bits per heavy atom. The number of rotatable bonds is 4. The predicted molar refractivity (Wildman–Crippen MR) is 61.6 cm³/mol. The van der Waals surface area contributed by atoms with Gasteiger partial charge in [0.15, 0.2) is 0 Å². The number of nitriles is 1. The number of halogens is 3. The molecule has 1 aromatic rings. The van der Waals surface area contributed by atoms with E-state index in [9.17, 15) is 13.6 Å². The minimum atomic E-state index is -2.93. The normalized spacial score (nSPS) is 10.2. The van der Waals surface area contributed by atoms with Gasteiger partial charge in [-0.2, -0.15) is 5.26 Å². The first-order valence-corrected chi connectivity index (χ1v) is 5.66. The molecule has 0 fully saturated rings. The zero-order chi connectivity index (χ0) is 13.7. The summed E-state index contributed by atoms with van der Waals surface area (Å²) >= 11 is 5.59. The molecule has 0 radical (unpaired) electrons. The van der Waals surface area contributed by atoms with Crippen molar-refractivity contribution in [3.05, 3.63) is 34.4 Å². The maximum absolute atomic E-state index is 12.9. The topological polar surface area (TPSA) is 50.1 Å². The van der Waals surface area contributed by atoms with Crippen molar-refractivity contribution in [2.45, 2.75) is 19.2 Å². The number of carbonyl (C=O) groups is 1. The Morgan fingerprint density at radius 2 is 2.22 bits per heavy atom. The second-order valence-electron chi connectivity index (χ2n) is 3.37. The third-order valence-electron chi connectivity index (χ3n) is 2.23. The van der Waals surface area contributed by atoms with Gasteiger partial charge in [-0.3, -0.25) is 0 Å². The van der Waals surface area contributed by atoms with E-state index in [4.69, 9.17) is 21.6 Å². The molecule has 6 heteroatoms. The minimum absolute atomic E-state index is 0.0185. The van der Waals surface area contributed by atoms with Crippen molar-refractivity contribution in [2.75, 3.05) is 6.61 Å². The van der Waals surface area contributed by atoms with Crippen LogP contribution in [0.3, 0.4) is 0 Å². The Kier molecular flexibility index (Phi) is 5.05. The van der Waals surface area contributed by atoms with Crippen LogP contribution in [-0.2, 0) is 10.6 Å². The molecule has 0 N–H and O–H groups in total. The fourth-order valence-corrected chi connectivity index (χ4v) is 1.65. The van der Waals surface area contributed by atoms with Crippen molar-refractivity contribution < 1.29 is 18.3 Å². The van der Waals surface area contributed by atoms with Gasteiger partial charge >= 0.3 is 5.97 Å². The molecule has 96 valence electrons. The molecule has 1 aromatic carbocycles. The molecule has 3 nitrogen and oxygen atoms in total. The lowest BCUT2D eigenvalue weighted by Gasteiger charge is -2.11. The van der Waals surface area contributed by atoms with Crippen molar-refractivity contribution >= 4 is 17.6 Å². The van der Waals surface area contributed by atoms with Gasteiger partial charge in [0.1, 0.15) is 0 Å². The summed E-state index contributed by atoms with van der Waals surface area (Å²) in [6.07, 6.45) is -2.93. The molecule has 0 unspecified atom stereocenters. The Hall–Kier alpha value is -1.67. The maximum atomic E-state index is 12.9. The monoisotopic (exact) mass is 273 g/mol. The van der Waals surface area contributed by atoms with E-state index >= 15 is 0 Å². The summed E-state index contributed by atoms with van der Waals surface area (Å²) in [7, 11) is 0. The highest BCUT2D eigenvalue weighted by atomic mass is 35.5. The Morgan fingerprint density at radius 1 is 1.56 bits per heavy atom. The van der Waals surface area contributed by atoms with Gasteiger partial charge in [0.2, 0.25) is 0 Å². The summed E-state index contributed by atoms with van der Waals surface area (Å²) in [5, 5.41) is 8.84.